The lowest BCUT2D eigenvalue weighted by atomic mass is 9.97. The minimum Gasteiger partial charge on any atom is -0.461 e. The maximum atomic E-state index is 12.5. The third kappa shape index (κ3) is 9.36. The molecular weight excluding hydrogens is 352 g/mol. The molecule has 5 nitrogen and oxygen atoms in total. The van der Waals surface area contributed by atoms with Gasteiger partial charge in [-0.2, -0.15) is 0 Å². The van der Waals surface area contributed by atoms with E-state index in [-0.39, 0.29) is 25.0 Å². The number of carbonyl (C=O) groups excluding carboxylic acids is 2. The lowest BCUT2D eigenvalue weighted by molar-refractivity contribution is -0.146. The predicted octanol–water partition coefficient (Wildman–Crippen LogP) is 4.24. The molecule has 0 heterocycles. The summed E-state index contributed by atoms with van der Waals surface area (Å²) in [7, 11) is 0. The van der Waals surface area contributed by atoms with Gasteiger partial charge in [-0.3, -0.25) is 9.59 Å². The Kier molecular flexibility index (Phi) is 10.7. The molecule has 1 atom stereocenters. The van der Waals surface area contributed by atoms with Crippen molar-refractivity contribution in [3.63, 3.8) is 0 Å². The minimum atomic E-state index is -0.857. The van der Waals surface area contributed by atoms with Gasteiger partial charge >= 0.3 is 5.97 Å². The second-order valence-corrected chi connectivity index (χ2v) is 7.92. The van der Waals surface area contributed by atoms with Crippen LogP contribution in [0.5, 0.6) is 0 Å². The summed E-state index contributed by atoms with van der Waals surface area (Å²) in [4.78, 5) is 24.4. The Balaban J connectivity index is 1.72. The van der Waals surface area contributed by atoms with Crippen LogP contribution in [-0.4, -0.2) is 24.0 Å². The molecule has 5 heteroatoms. The van der Waals surface area contributed by atoms with Gasteiger partial charge < -0.3 is 15.8 Å². The first-order valence-electron chi connectivity index (χ1n) is 10.9. The Hall–Kier alpha value is -1.88. The summed E-state index contributed by atoms with van der Waals surface area (Å²) in [5.41, 5.74) is 6.88. The fourth-order valence-corrected chi connectivity index (χ4v) is 3.69. The highest BCUT2D eigenvalue weighted by atomic mass is 16.5. The van der Waals surface area contributed by atoms with Crippen LogP contribution in [0.4, 0.5) is 0 Å². The van der Waals surface area contributed by atoms with Gasteiger partial charge in [0.05, 0.1) is 12.5 Å². The Labute approximate surface area is 169 Å². The van der Waals surface area contributed by atoms with Crippen molar-refractivity contribution in [2.24, 2.45) is 5.73 Å². The van der Waals surface area contributed by atoms with Gasteiger partial charge in [-0.05, 0) is 18.4 Å². The van der Waals surface area contributed by atoms with E-state index in [1.165, 1.54) is 44.9 Å². The van der Waals surface area contributed by atoms with Crippen LogP contribution in [0.15, 0.2) is 30.3 Å². The van der Waals surface area contributed by atoms with Crippen LogP contribution in [0.3, 0.4) is 0 Å². The number of carbonyl (C=O) groups is 2. The summed E-state index contributed by atoms with van der Waals surface area (Å²) in [5.74, 6) is -0.682. The maximum absolute atomic E-state index is 12.5. The minimum absolute atomic E-state index is 0.0919. The van der Waals surface area contributed by atoms with Crippen molar-refractivity contribution >= 4 is 11.9 Å². The molecule has 1 amide bonds. The van der Waals surface area contributed by atoms with Crippen molar-refractivity contribution in [2.75, 3.05) is 0 Å². The molecule has 0 saturated heterocycles. The zero-order valence-corrected chi connectivity index (χ0v) is 17.0. The number of amides is 1. The van der Waals surface area contributed by atoms with Crippen LogP contribution >= 0.6 is 0 Å². The Bertz CT molecular complexity index is 564. The second-order valence-electron chi connectivity index (χ2n) is 7.92. The van der Waals surface area contributed by atoms with Crippen molar-refractivity contribution in [1.82, 2.24) is 5.32 Å². The van der Waals surface area contributed by atoms with E-state index in [0.29, 0.717) is 0 Å². The van der Waals surface area contributed by atoms with Gasteiger partial charge in [0.25, 0.3) is 0 Å². The SMILES string of the molecule is NC(CC(=O)OCc1ccccc1)C(=O)NC1CCCCCCCCCCC1. The second kappa shape index (κ2) is 13.3. The van der Waals surface area contributed by atoms with E-state index in [0.717, 1.165) is 31.2 Å². The third-order valence-corrected chi connectivity index (χ3v) is 5.42. The molecule has 1 aliphatic rings. The van der Waals surface area contributed by atoms with Gasteiger partial charge in [0.15, 0.2) is 0 Å². The molecule has 2 rings (SSSR count). The highest BCUT2D eigenvalue weighted by molar-refractivity contribution is 5.86. The van der Waals surface area contributed by atoms with Crippen molar-refractivity contribution in [3.05, 3.63) is 35.9 Å². The van der Waals surface area contributed by atoms with Crippen LogP contribution < -0.4 is 11.1 Å². The summed E-state index contributed by atoms with van der Waals surface area (Å²) in [5, 5.41) is 3.08. The molecule has 0 spiro atoms. The molecule has 1 saturated carbocycles. The van der Waals surface area contributed by atoms with E-state index in [2.05, 4.69) is 5.32 Å². The number of benzene rings is 1. The fraction of sp³-hybridized carbons (Fsp3) is 0.652. The highest BCUT2D eigenvalue weighted by Gasteiger charge is 2.21. The van der Waals surface area contributed by atoms with E-state index in [1.54, 1.807) is 0 Å². The van der Waals surface area contributed by atoms with Crippen molar-refractivity contribution in [2.45, 2.75) is 95.7 Å². The molecular formula is C23H36N2O3. The summed E-state index contributed by atoms with van der Waals surface area (Å²) < 4.78 is 5.23. The van der Waals surface area contributed by atoms with Crippen LogP contribution in [-0.2, 0) is 20.9 Å². The zero-order valence-electron chi connectivity index (χ0n) is 17.0. The Morgan fingerprint density at radius 3 is 2.04 bits per heavy atom. The number of ether oxygens (including phenoxy) is 1. The summed E-state index contributed by atoms with van der Waals surface area (Å²) in [6.45, 7) is 0.205. The summed E-state index contributed by atoms with van der Waals surface area (Å²) in [6, 6.07) is 8.79. The standard InChI is InChI=1S/C23H36N2O3/c24-21(17-22(26)28-18-19-13-9-8-10-14-19)23(27)25-20-15-11-6-4-2-1-3-5-7-12-16-20/h8-10,13-14,20-21H,1-7,11-12,15-18,24H2,(H,25,27). The Morgan fingerprint density at radius 2 is 1.46 bits per heavy atom. The van der Waals surface area contributed by atoms with Gasteiger partial charge in [-0.25, -0.2) is 0 Å². The lowest BCUT2D eigenvalue weighted by Crippen LogP contribution is -2.46. The smallest absolute Gasteiger partial charge is 0.308 e. The third-order valence-electron chi connectivity index (χ3n) is 5.42. The van der Waals surface area contributed by atoms with E-state index in [1.807, 2.05) is 30.3 Å². The Morgan fingerprint density at radius 1 is 0.929 bits per heavy atom. The summed E-state index contributed by atoms with van der Waals surface area (Å²) >= 11 is 0. The van der Waals surface area contributed by atoms with Crippen molar-refractivity contribution in [3.8, 4) is 0 Å². The van der Waals surface area contributed by atoms with Gasteiger partial charge in [0.2, 0.25) is 5.91 Å². The molecule has 1 aromatic rings. The number of hydrogen-bond donors (Lipinski definition) is 2. The molecule has 1 fully saturated rings. The van der Waals surface area contributed by atoms with E-state index < -0.39 is 12.0 Å². The van der Waals surface area contributed by atoms with Gasteiger partial charge in [-0.15, -0.1) is 0 Å². The molecule has 0 aromatic heterocycles. The normalized spacial score (nSPS) is 18.3. The summed E-state index contributed by atoms with van der Waals surface area (Å²) in [6.07, 6.45) is 13.2. The number of hydrogen-bond acceptors (Lipinski definition) is 4. The van der Waals surface area contributed by atoms with Crippen LogP contribution in [0.2, 0.25) is 0 Å². The number of esters is 1. The first-order chi connectivity index (χ1) is 13.6. The molecule has 1 unspecified atom stereocenters. The molecule has 28 heavy (non-hydrogen) atoms. The van der Waals surface area contributed by atoms with Crippen LogP contribution in [0.25, 0.3) is 0 Å². The maximum Gasteiger partial charge on any atom is 0.308 e. The topological polar surface area (TPSA) is 81.4 Å². The molecule has 156 valence electrons. The molecule has 1 aliphatic carbocycles. The van der Waals surface area contributed by atoms with Crippen LogP contribution in [0, 0.1) is 0 Å². The highest BCUT2D eigenvalue weighted by Crippen LogP contribution is 2.17. The molecule has 0 bridgehead atoms. The van der Waals surface area contributed by atoms with Gasteiger partial charge in [0, 0.05) is 6.04 Å². The van der Waals surface area contributed by atoms with E-state index in [9.17, 15) is 9.59 Å². The molecule has 0 radical (unpaired) electrons. The van der Waals surface area contributed by atoms with E-state index >= 15 is 0 Å². The molecule has 0 aliphatic heterocycles. The first-order valence-corrected chi connectivity index (χ1v) is 10.9. The first kappa shape index (κ1) is 22.4. The van der Waals surface area contributed by atoms with E-state index in [4.69, 9.17) is 10.5 Å². The number of nitrogens with one attached hydrogen (secondary N) is 1. The average molecular weight is 389 g/mol. The lowest BCUT2D eigenvalue weighted by Gasteiger charge is -2.21. The quantitative estimate of drug-likeness (QED) is 0.714. The number of rotatable bonds is 6. The molecule has 1 aromatic carbocycles. The fourth-order valence-electron chi connectivity index (χ4n) is 3.69. The van der Waals surface area contributed by atoms with Crippen molar-refractivity contribution < 1.29 is 14.3 Å². The van der Waals surface area contributed by atoms with Crippen LogP contribution in [0.1, 0.15) is 82.6 Å². The number of nitrogens with two attached hydrogens (primary N) is 1. The monoisotopic (exact) mass is 388 g/mol. The van der Waals surface area contributed by atoms with Gasteiger partial charge in [-0.1, -0.05) is 88.1 Å². The van der Waals surface area contributed by atoms with Gasteiger partial charge in [0.1, 0.15) is 6.61 Å². The average Bonchev–Trinajstić information content (AvgIpc) is 2.69. The zero-order chi connectivity index (χ0) is 20.0. The predicted molar refractivity (Wildman–Crippen MR) is 112 cm³/mol. The van der Waals surface area contributed by atoms with Crippen molar-refractivity contribution in [1.29, 1.82) is 0 Å². The largest absolute Gasteiger partial charge is 0.461 e. The molecule has 3 N–H and O–H groups in total.